The average molecular weight is 178 g/mol. The van der Waals surface area contributed by atoms with E-state index in [2.05, 4.69) is 19.6 Å². The van der Waals surface area contributed by atoms with Crippen LogP contribution in [0, 0.1) is 23.7 Å². The molecule has 2 aliphatic carbocycles. The summed E-state index contributed by atoms with van der Waals surface area (Å²) in [6.07, 6.45) is 10.8. The van der Waals surface area contributed by atoms with Crippen LogP contribution in [-0.4, -0.2) is 0 Å². The van der Waals surface area contributed by atoms with Crippen LogP contribution in [0.15, 0.2) is 12.7 Å². The van der Waals surface area contributed by atoms with Crippen molar-refractivity contribution in [3.05, 3.63) is 12.7 Å². The SMILES string of the molecule is C=CCCC1C2CCC(C2)C1CC. The minimum atomic E-state index is 1.06. The quantitative estimate of drug-likeness (QED) is 0.570. The Kier molecular flexibility index (Phi) is 2.76. The highest BCUT2D eigenvalue weighted by atomic mass is 14.5. The summed E-state index contributed by atoms with van der Waals surface area (Å²) < 4.78 is 0. The van der Waals surface area contributed by atoms with Gasteiger partial charge in [0.15, 0.2) is 0 Å². The summed E-state index contributed by atoms with van der Waals surface area (Å²) in [5.41, 5.74) is 0. The van der Waals surface area contributed by atoms with Gasteiger partial charge in [0.1, 0.15) is 0 Å². The van der Waals surface area contributed by atoms with Gasteiger partial charge >= 0.3 is 0 Å². The molecule has 0 saturated heterocycles. The molecule has 74 valence electrons. The number of rotatable bonds is 4. The molecule has 4 atom stereocenters. The van der Waals surface area contributed by atoms with Crippen molar-refractivity contribution in [1.82, 2.24) is 0 Å². The van der Waals surface area contributed by atoms with Crippen LogP contribution in [0.1, 0.15) is 45.4 Å². The lowest BCUT2D eigenvalue weighted by Gasteiger charge is -2.30. The molecule has 0 aromatic rings. The lowest BCUT2D eigenvalue weighted by molar-refractivity contribution is 0.204. The third kappa shape index (κ3) is 1.56. The van der Waals surface area contributed by atoms with E-state index in [1.807, 2.05) is 0 Å². The first-order valence-corrected chi connectivity index (χ1v) is 5.97. The van der Waals surface area contributed by atoms with Crippen molar-refractivity contribution in [3.8, 4) is 0 Å². The fourth-order valence-electron chi connectivity index (χ4n) is 3.93. The van der Waals surface area contributed by atoms with E-state index >= 15 is 0 Å². The molecule has 4 unspecified atom stereocenters. The Labute approximate surface area is 82.4 Å². The topological polar surface area (TPSA) is 0 Å². The van der Waals surface area contributed by atoms with Crippen LogP contribution in [0.4, 0.5) is 0 Å². The molecule has 0 amide bonds. The molecule has 0 aromatic heterocycles. The number of fused-ring (bicyclic) bond motifs is 2. The predicted octanol–water partition coefficient (Wildman–Crippen LogP) is 4.02. The van der Waals surface area contributed by atoms with Gasteiger partial charge in [-0.15, -0.1) is 6.58 Å². The van der Waals surface area contributed by atoms with Gasteiger partial charge in [-0.05, 0) is 55.8 Å². The maximum atomic E-state index is 3.83. The van der Waals surface area contributed by atoms with Gasteiger partial charge in [0.2, 0.25) is 0 Å². The third-order valence-electron chi connectivity index (χ3n) is 4.45. The van der Waals surface area contributed by atoms with E-state index in [1.165, 1.54) is 32.1 Å². The molecule has 0 aromatic carbocycles. The van der Waals surface area contributed by atoms with Crippen LogP contribution in [0.3, 0.4) is 0 Å². The van der Waals surface area contributed by atoms with Crippen LogP contribution in [0.25, 0.3) is 0 Å². The summed E-state index contributed by atoms with van der Waals surface area (Å²) in [5.74, 6) is 4.32. The molecule has 0 heterocycles. The molecular weight excluding hydrogens is 156 g/mol. The zero-order chi connectivity index (χ0) is 9.26. The lowest BCUT2D eigenvalue weighted by atomic mass is 9.76. The maximum absolute atomic E-state index is 3.83. The van der Waals surface area contributed by atoms with Gasteiger partial charge in [-0.25, -0.2) is 0 Å². The number of allylic oxidation sites excluding steroid dienone is 1. The number of hydrogen-bond acceptors (Lipinski definition) is 0. The molecule has 2 bridgehead atoms. The zero-order valence-corrected chi connectivity index (χ0v) is 8.84. The summed E-state index contributed by atoms with van der Waals surface area (Å²) in [4.78, 5) is 0. The van der Waals surface area contributed by atoms with E-state index in [1.54, 1.807) is 6.42 Å². The van der Waals surface area contributed by atoms with Crippen molar-refractivity contribution in [2.24, 2.45) is 23.7 Å². The molecule has 0 N–H and O–H groups in total. The van der Waals surface area contributed by atoms with Gasteiger partial charge in [-0.1, -0.05) is 19.4 Å². The fraction of sp³-hybridized carbons (Fsp3) is 0.846. The molecule has 2 aliphatic rings. The van der Waals surface area contributed by atoms with Gasteiger partial charge in [-0.2, -0.15) is 0 Å². The molecule has 0 spiro atoms. The molecule has 0 radical (unpaired) electrons. The Morgan fingerprint density at radius 2 is 1.92 bits per heavy atom. The standard InChI is InChI=1S/C13H22/c1-3-5-6-13-11-8-7-10(9-11)12(13)4-2/h3,10-13H,1,4-9H2,2H3. The van der Waals surface area contributed by atoms with Crippen LogP contribution < -0.4 is 0 Å². The van der Waals surface area contributed by atoms with Crippen LogP contribution in [-0.2, 0) is 0 Å². The van der Waals surface area contributed by atoms with E-state index in [9.17, 15) is 0 Å². The molecule has 0 heteroatoms. The van der Waals surface area contributed by atoms with Gasteiger partial charge in [0, 0.05) is 0 Å². The normalized spacial score (nSPS) is 42.5. The third-order valence-corrected chi connectivity index (χ3v) is 4.45. The Hall–Kier alpha value is -0.260. The highest BCUT2D eigenvalue weighted by Gasteiger charge is 2.45. The fourth-order valence-corrected chi connectivity index (χ4v) is 3.93. The first-order chi connectivity index (χ1) is 6.36. The molecule has 0 nitrogen and oxygen atoms in total. The monoisotopic (exact) mass is 178 g/mol. The van der Waals surface area contributed by atoms with Crippen molar-refractivity contribution in [3.63, 3.8) is 0 Å². The molecule has 2 fully saturated rings. The highest BCUT2D eigenvalue weighted by molar-refractivity contribution is 4.96. The van der Waals surface area contributed by atoms with Gasteiger partial charge < -0.3 is 0 Å². The second kappa shape index (κ2) is 3.86. The molecule has 13 heavy (non-hydrogen) atoms. The van der Waals surface area contributed by atoms with Gasteiger partial charge in [0.25, 0.3) is 0 Å². The van der Waals surface area contributed by atoms with Crippen molar-refractivity contribution >= 4 is 0 Å². The van der Waals surface area contributed by atoms with E-state index in [0.29, 0.717) is 0 Å². The van der Waals surface area contributed by atoms with E-state index in [-0.39, 0.29) is 0 Å². The Morgan fingerprint density at radius 1 is 1.23 bits per heavy atom. The van der Waals surface area contributed by atoms with Crippen molar-refractivity contribution in [1.29, 1.82) is 0 Å². The largest absolute Gasteiger partial charge is 0.103 e. The lowest BCUT2D eigenvalue weighted by Crippen LogP contribution is -2.21. The molecule has 0 aliphatic heterocycles. The second-order valence-corrected chi connectivity index (χ2v) is 4.94. The molecular formula is C13H22. The van der Waals surface area contributed by atoms with E-state index in [4.69, 9.17) is 0 Å². The Balaban J connectivity index is 1.96. The first-order valence-electron chi connectivity index (χ1n) is 5.97. The van der Waals surface area contributed by atoms with Crippen molar-refractivity contribution in [2.45, 2.75) is 45.4 Å². The smallest absolute Gasteiger partial charge is 0.0351 e. The van der Waals surface area contributed by atoms with Crippen LogP contribution in [0.2, 0.25) is 0 Å². The summed E-state index contributed by atoms with van der Waals surface area (Å²) in [6.45, 7) is 6.22. The first kappa shape index (κ1) is 9.30. The Morgan fingerprint density at radius 3 is 2.54 bits per heavy atom. The minimum absolute atomic E-state index is 1.06. The van der Waals surface area contributed by atoms with Crippen LogP contribution in [0.5, 0.6) is 0 Å². The van der Waals surface area contributed by atoms with Crippen molar-refractivity contribution < 1.29 is 0 Å². The summed E-state index contributed by atoms with van der Waals surface area (Å²) in [7, 11) is 0. The Bertz CT molecular complexity index is 182. The van der Waals surface area contributed by atoms with E-state index < -0.39 is 0 Å². The van der Waals surface area contributed by atoms with Crippen molar-refractivity contribution in [2.75, 3.05) is 0 Å². The predicted molar refractivity (Wildman–Crippen MR) is 57.5 cm³/mol. The van der Waals surface area contributed by atoms with E-state index in [0.717, 1.165) is 23.7 Å². The molecule has 2 saturated carbocycles. The highest BCUT2D eigenvalue weighted by Crippen LogP contribution is 2.54. The summed E-state index contributed by atoms with van der Waals surface area (Å²) >= 11 is 0. The maximum Gasteiger partial charge on any atom is -0.0351 e. The summed E-state index contributed by atoms with van der Waals surface area (Å²) in [5, 5.41) is 0. The molecule has 2 rings (SSSR count). The minimum Gasteiger partial charge on any atom is -0.103 e. The van der Waals surface area contributed by atoms with Gasteiger partial charge in [0.05, 0.1) is 0 Å². The average Bonchev–Trinajstić information content (AvgIpc) is 2.73. The second-order valence-electron chi connectivity index (χ2n) is 4.94. The van der Waals surface area contributed by atoms with Gasteiger partial charge in [-0.3, -0.25) is 0 Å². The summed E-state index contributed by atoms with van der Waals surface area (Å²) in [6, 6.07) is 0. The zero-order valence-electron chi connectivity index (χ0n) is 8.84. The van der Waals surface area contributed by atoms with Crippen LogP contribution >= 0.6 is 0 Å². The number of hydrogen-bond donors (Lipinski definition) is 0.